The highest BCUT2D eigenvalue weighted by Gasteiger charge is 2.27. The minimum absolute atomic E-state index is 0.0482. The van der Waals surface area contributed by atoms with E-state index in [0.717, 1.165) is 0 Å². The van der Waals surface area contributed by atoms with Crippen molar-refractivity contribution in [2.75, 3.05) is 26.1 Å². The quantitative estimate of drug-likeness (QED) is 0.539. The first kappa shape index (κ1) is 22.1. The van der Waals surface area contributed by atoms with E-state index in [-0.39, 0.29) is 27.6 Å². The predicted molar refractivity (Wildman–Crippen MR) is 110 cm³/mol. The highest BCUT2D eigenvalue weighted by atomic mass is 35.5. The van der Waals surface area contributed by atoms with Crippen LogP contribution in [0.4, 0.5) is 10.1 Å². The van der Waals surface area contributed by atoms with Gasteiger partial charge in [0, 0.05) is 23.9 Å². The van der Waals surface area contributed by atoms with Crippen LogP contribution in [0.15, 0.2) is 40.9 Å². The molecule has 3 aromatic rings. The number of hydrogen-bond donors (Lipinski definition) is 1. The van der Waals surface area contributed by atoms with E-state index in [1.54, 1.807) is 18.2 Å². The minimum atomic E-state index is -0.911. The topological polar surface area (TPSA) is 99.9 Å². The average molecular weight is 449 g/mol. The van der Waals surface area contributed by atoms with Gasteiger partial charge in [-0.3, -0.25) is 4.79 Å². The number of anilines is 1. The zero-order valence-electron chi connectivity index (χ0n) is 16.8. The van der Waals surface area contributed by atoms with Crippen LogP contribution < -0.4 is 14.8 Å². The highest BCUT2D eigenvalue weighted by Crippen LogP contribution is 2.33. The number of methoxy groups -OCH3 is 2. The van der Waals surface area contributed by atoms with Crippen LogP contribution in [0.25, 0.3) is 11.3 Å². The summed E-state index contributed by atoms with van der Waals surface area (Å²) < 4.78 is 34.7. The summed E-state index contributed by atoms with van der Waals surface area (Å²) in [6, 6.07) is 8.84. The number of esters is 1. The SMILES string of the molecule is COc1cc(NC(=O)COC(=O)c2c(-c3c(F)cccc3Cl)noc2C)cc(OC)c1. The molecule has 0 radical (unpaired) electrons. The molecule has 1 amide bonds. The van der Waals surface area contributed by atoms with Crippen LogP contribution in [0.3, 0.4) is 0 Å². The van der Waals surface area contributed by atoms with E-state index in [1.807, 2.05) is 0 Å². The highest BCUT2D eigenvalue weighted by molar-refractivity contribution is 6.33. The number of nitrogens with zero attached hydrogens (tertiary/aromatic N) is 1. The van der Waals surface area contributed by atoms with Gasteiger partial charge in [0.2, 0.25) is 0 Å². The summed E-state index contributed by atoms with van der Waals surface area (Å²) in [6.45, 7) is 0.859. The van der Waals surface area contributed by atoms with Gasteiger partial charge in [0.15, 0.2) is 6.61 Å². The molecule has 0 unspecified atom stereocenters. The van der Waals surface area contributed by atoms with E-state index >= 15 is 0 Å². The average Bonchev–Trinajstić information content (AvgIpc) is 3.12. The van der Waals surface area contributed by atoms with E-state index < -0.39 is 24.3 Å². The zero-order chi connectivity index (χ0) is 22.5. The lowest BCUT2D eigenvalue weighted by molar-refractivity contribution is -0.119. The molecule has 0 aliphatic heterocycles. The van der Waals surface area contributed by atoms with Gasteiger partial charge in [-0.15, -0.1) is 0 Å². The van der Waals surface area contributed by atoms with Gasteiger partial charge in [-0.05, 0) is 19.1 Å². The molecule has 0 aliphatic carbocycles. The Bertz CT molecular complexity index is 1090. The molecule has 0 bridgehead atoms. The van der Waals surface area contributed by atoms with Crippen LogP contribution in [0.1, 0.15) is 16.1 Å². The van der Waals surface area contributed by atoms with Crippen molar-refractivity contribution in [2.24, 2.45) is 0 Å². The fraction of sp³-hybridized carbons (Fsp3) is 0.190. The fourth-order valence-corrected chi connectivity index (χ4v) is 3.04. The van der Waals surface area contributed by atoms with Crippen molar-refractivity contribution in [3.8, 4) is 22.8 Å². The first-order valence-corrected chi connectivity index (χ1v) is 9.32. The van der Waals surface area contributed by atoms with Gasteiger partial charge in [-0.1, -0.05) is 22.8 Å². The van der Waals surface area contributed by atoms with E-state index in [4.69, 9.17) is 30.3 Å². The standard InChI is InChI=1S/C21H18ClFN2O6/c1-11-18(20(25-31-11)19-15(22)5-4-6-16(19)23)21(27)30-10-17(26)24-12-7-13(28-2)9-14(8-12)29-3/h4-9H,10H2,1-3H3,(H,24,26). The maximum absolute atomic E-state index is 14.3. The van der Waals surface area contributed by atoms with Crippen LogP contribution in [0.2, 0.25) is 5.02 Å². The molecule has 1 N–H and O–H groups in total. The van der Waals surface area contributed by atoms with Gasteiger partial charge in [0.25, 0.3) is 5.91 Å². The third-order valence-electron chi connectivity index (χ3n) is 4.24. The lowest BCUT2D eigenvalue weighted by atomic mass is 10.1. The molecule has 0 atom stereocenters. The predicted octanol–water partition coefficient (Wildman–Crippen LogP) is 4.26. The number of rotatable bonds is 7. The van der Waals surface area contributed by atoms with Gasteiger partial charge in [-0.25, -0.2) is 9.18 Å². The number of benzene rings is 2. The van der Waals surface area contributed by atoms with Crippen LogP contribution in [-0.2, 0) is 9.53 Å². The molecule has 0 fully saturated rings. The summed E-state index contributed by atoms with van der Waals surface area (Å²) in [5.41, 5.74) is 0.0597. The number of aryl methyl sites for hydroxylation is 1. The second-order valence-corrected chi connectivity index (χ2v) is 6.69. The normalized spacial score (nSPS) is 10.5. The molecule has 3 rings (SSSR count). The van der Waals surface area contributed by atoms with Crippen molar-refractivity contribution >= 4 is 29.2 Å². The third-order valence-corrected chi connectivity index (χ3v) is 4.55. The summed E-state index contributed by atoms with van der Waals surface area (Å²) in [7, 11) is 2.95. The first-order valence-electron chi connectivity index (χ1n) is 8.94. The fourth-order valence-electron chi connectivity index (χ4n) is 2.79. The molecule has 8 nitrogen and oxygen atoms in total. The molecule has 0 saturated heterocycles. The van der Waals surface area contributed by atoms with Gasteiger partial charge in [0.1, 0.15) is 34.3 Å². The number of aromatic nitrogens is 1. The number of carbonyl (C=O) groups is 2. The largest absolute Gasteiger partial charge is 0.497 e. The van der Waals surface area contributed by atoms with Crippen LogP contribution in [0.5, 0.6) is 11.5 Å². The molecule has 0 spiro atoms. The van der Waals surface area contributed by atoms with Gasteiger partial charge in [-0.2, -0.15) is 0 Å². The number of hydrogen-bond acceptors (Lipinski definition) is 7. The monoisotopic (exact) mass is 448 g/mol. The van der Waals surface area contributed by atoms with E-state index in [0.29, 0.717) is 17.2 Å². The summed E-state index contributed by atoms with van der Waals surface area (Å²) in [5, 5.41) is 6.36. The Balaban J connectivity index is 1.74. The second-order valence-electron chi connectivity index (χ2n) is 6.28. The summed E-state index contributed by atoms with van der Waals surface area (Å²) in [4.78, 5) is 24.8. The first-order chi connectivity index (χ1) is 14.8. The van der Waals surface area contributed by atoms with Crippen molar-refractivity contribution in [1.82, 2.24) is 5.16 Å². The maximum Gasteiger partial charge on any atom is 0.344 e. The Kier molecular flexibility index (Phi) is 6.76. The van der Waals surface area contributed by atoms with E-state index in [2.05, 4.69) is 10.5 Å². The lowest BCUT2D eigenvalue weighted by Gasteiger charge is -2.10. The Morgan fingerprint density at radius 1 is 1.16 bits per heavy atom. The Hall–Kier alpha value is -3.59. The number of halogens is 2. The number of nitrogens with one attached hydrogen (secondary N) is 1. The lowest BCUT2D eigenvalue weighted by Crippen LogP contribution is -2.21. The molecule has 0 saturated carbocycles. The Labute approximate surface area is 181 Å². The molecule has 0 aliphatic rings. The number of amides is 1. The van der Waals surface area contributed by atoms with E-state index in [9.17, 15) is 14.0 Å². The molecule has 1 heterocycles. The number of ether oxygens (including phenoxy) is 3. The van der Waals surface area contributed by atoms with Crippen LogP contribution in [0, 0.1) is 12.7 Å². The zero-order valence-corrected chi connectivity index (χ0v) is 17.6. The summed E-state index contributed by atoms with van der Waals surface area (Å²) in [5.74, 6) is -1.16. The molecule has 1 aromatic heterocycles. The molecule has 2 aromatic carbocycles. The summed E-state index contributed by atoms with van der Waals surface area (Å²) in [6.07, 6.45) is 0. The van der Waals surface area contributed by atoms with Crippen LogP contribution >= 0.6 is 11.6 Å². The van der Waals surface area contributed by atoms with Gasteiger partial charge in [0.05, 0.1) is 24.8 Å². The second kappa shape index (κ2) is 9.48. The number of carbonyl (C=O) groups excluding carboxylic acids is 2. The minimum Gasteiger partial charge on any atom is -0.497 e. The smallest absolute Gasteiger partial charge is 0.344 e. The third kappa shape index (κ3) is 4.95. The molecule has 31 heavy (non-hydrogen) atoms. The van der Waals surface area contributed by atoms with E-state index in [1.165, 1.54) is 39.3 Å². The molecular weight excluding hydrogens is 431 g/mol. The van der Waals surface area contributed by atoms with Crippen molar-refractivity contribution < 1.29 is 32.7 Å². The van der Waals surface area contributed by atoms with Crippen molar-refractivity contribution in [2.45, 2.75) is 6.92 Å². The van der Waals surface area contributed by atoms with Crippen molar-refractivity contribution in [1.29, 1.82) is 0 Å². The summed E-state index contributed by atoms with van der Waals surface area (Å²) >= 11 is 6.06. The van der Waals surface area contributed by atoms with Crippen molar-refractivity contribution in [3.05, 3.63) is 58.6 Å². The molecular formula is C21H18ClFN2O6. The van der Waals surface area contributed by atoms with Gasteiger partial charge >= 0.3 is 5.97 Å². The molecule has 10 heteroatoms. The Morgan fingerprint density at radius 3 is 2.45 bits per heavy atom. The molecule has 162 valence electrons. The van der Waals surface area contributed by atoms with Gasteiger partial charge < -0.3 is 24.1 Å². The maximum atomic E-state index is 14.3. The Morgan fingerprint density at radius 2 is 1.84 bits per heavy atom. The van der Waals surface area contributed by atoms with Crippen molar-refractivity contribution in [3.63, 3.8) is 0 Å². The van der Waals surface area contributed by atoms with Crippen LogP contribution in [-0.4, -0.2) is 37.9 Å².